The highest BCUT2D eigenvalue weighted by Gasteiger charge is 2.62. The van der Waals surface area contributed by atoms with Crippen molar-refractivity contribution in [1.29, 1.82) is 0 Å². The second-order valence-corrected chi connectivity index (χ2v) is 8.93. The van der Waals surface area contributed by atoms with E-state index in [1.54, 1.807) is 12.1 Å². The fraction of sp³-hybridized carbons (Fsp3) is 0.520. The summed E-state index contributed by atoms with van der Waals surface area (Å²) >= 11 is 0. The third kappa shape index (κ3) is 5.60. The maximum absolute atomic E-state index is 12.5. The average molecular weight is 477 g/mol. The standard InChI is InChI=1S/C25H32O9/c1-3-15(2)10-22(30)34-24-23-19(17(12-26)13-32-24)11-20(25(23,31)14-27)33-21(29)9-6-16-4-7-18(28)8-5-16/h4-9,13,15,19-20,23-24,26-28,31H,3,10-12,14H2,1-2H3/b9-6+/t15-,19+,20-,23+,24-,25+/m0/s1. The van der Waals surface area contributed by atoms with Gasteiger partial charge >= 0.3 is 11.9 Å². The number of hydrogen-bond donors (Lipinski definition) is 4. The predicted molar refractivity (Wildman–Crippen MR) is 121 cm³/mol. The number of aromatic hydroxyl groups is 1. The molecular formula is C25H32O9. The fourth-order valence-corrected chi connectivity index (χ4v) is 4.43. The minimum absolute atomic E-state index is 0.0932. The molecule has 1 heterocycles. The zero-order chi connectivity index (χ0) is 24.9. The van der Waals surface area contributed by atoms with Crippen LogP contribution in [0.5, 0.6) is 5.75 Å². The van der Waals surface area contributed by atoms with Crippen LogP contribution in [-0.4, -0.2) is 63.6 Å². The van der Waals surface area contributed by atoms with Gasteiger partial charge in [0.25, 0.3) is 0 Å². The number of phenols is 1. The average Bonchev–Trinajstić information content (AvgIpc) is 3.11. The van der Waals surface area contributed by atoms with Gasteiger partial charge in [0, 0.05) is 18.4 Å². The summed E-state index contributed by atoms with van der Waals surface area (Å²) in [5, 5.41) is 40.6. The van der Waals surface area contributed by atoms with Gasteiger partial charge in [-0.1, -0.05) is 32.4 Å². The summed E-state index contributed by atoms with van der Waals surface area (Å²) in [6.45, 7) is 2.74. The monoisotopic (exact) mass is 476 g/mol. The molecule has 0 spiro atoms. The Balaban J connectivity index is 1.77. The summed E-state index contributed by atoms with van der Waals surface area (Å²) in [5.74, 6) is -2.53. The van der Waals surface area contributed by atoms with Crippen molar-refractivity contribution >= 4 is 18.0 Å². The first-order valence-electron chi connectivity index (χ1n) is 11.4. The number of esters is 2. The lowest BCUT2D eigenvalue weighted by Gasteiger charge is -2.39. The Bertz CT molecular complexity index is 923. The normalized spacial score (nSPS) is 29.1. The lowest BCUT2D eigenvalue weighted by molar-refractivity contribution is -0.221. The molecule has 0 unspecified atom stereocenters. The largest absolute Gasteiger partial charge is 0.508 e. The van der Waals surface area contributed by atoms with Crippen LogP contribution in [0.15, 0.2) is 42.2 Å². The van der Waals surface area contributed by atoms with Crippen LogP contribution in [0.3, 0.4) is 0 Å². The van der Waals surface area contributed by atoms with E-state index >= 15 is 0 Å². The number of benzene rings is 1. The van der Waals surface area contributed by atoms with Crippen molar-refractivity contribution in [2.45, 2.75) is 51.1 Å². The molecule has 186 valence electrons. The Labute approximate surface area is 198 Å². The number of carbonyl (C=O) groups is 2. The van der Waals surface area contributed by atoms with Crippen LogP contribution in [0.2, 0.25) is 0 Å². The first-order valence-corrected chi connectivity index (χ1v) is 11.4. The molecule has 9 nitrogen and oxygen atoms in total. The number of phenolic OH excluding ortho intramolecular Hbond substituents is 1. The number of carbonyl (C=O) groups excluding carboxylic acids is 2. The maximum atomic E-state index is 12.5. The van der Waals surface area contributed by atoms with Gasteiger partial charge < -0.3 is 34.6 Å². The molecule has 0 radical (unpaired) electrons. The van der Waals surface area contributed by atoms with Gasteiger partial charge in [-0.3, -0.25) is 4.79 Å². The van der Waals surface area contributed by atoms with Crippen molar-refractivity contribution in [1.82, 2.24) is 0 Å². The summed E-state index contributed by atoms with van der Waals surface area (Å²) in [5.41, 5.74) is -0.855. The lowest BCUT2D eigenvalue weighted by Crippen LogP contribution is -2.54. The highest BCUT2D eigenvalue weighted by atomic mass is 16.7. The van der Waals surface area contributed by atoms with E-state index in [9.17, 15) is 30.0 Å². The highest BCUT2D eigenvalue weighted by molar-refractivity contribution is 5.87. The molecule has 0 amide bonds. The molecule has 34 heavy (non-hydrogen) atoms. The Morgan fingerprint density at radius 3 is 2.56 bits per heavy atom. The van der Waals surface area contributed by atoms with Gasteiger partial charge in [-0.15, -0.1) is 0 Å². The smallest absolute Gasteiger partial charge is 0.331 e. The van der Waals surface area contributed by atoms with Crippen LogP contribution in [-0.2, 0) is 23.8 Å². The van der Waals surface area contributed by atoms with E-state index in [1.165, 1.54) is 30.5 Å². The van der Waals surface area contributed by atoms with E-state index in [0.29, 0.717) is 11.1 Å². The van der Waals surface area contributed by atoms with Crippen molar-refractivity contribution in [2.75, 3.05) is 13.2 Å². The number of hydrogen-bond acceptors (Lipinski definition) is 9. The zero-order valence-corrected chi connectivity index (χ0v) is 19.3. The summed E-state index contributed by atoms with van der Waals surface area (Å²) in [6.07, 6.45) is 2.70. The van der Waals surface area contributed by atoms with Gasteiger partial charge in [-0.05, 0) is 41.7 Å². The van der Waals surface area contributed by atoms with E-state index in [-0.39, 0.29) is 31.1 Å². The molecular weight excluding hydrogens is 444 g/mol. The van der Waals surface area contributed by atoms with Crippen molar-refractivity contribution in [3.8, 4) is 5.75 Å². The number of fused-ring (bicyclic) bond motifs is 1. The highest BCUT2D eigenvalue weighted by Crippen LogP contribution is 2.50. The van der Waals surface area contributed by atoms with Gasteiger partial charge in [-0.2, -0.15) is 0 Å². The third-order valence-corrected chi connectivity index (χ3v) is 6.62. The quantitative estimate of drug-likeness (QED) is 0.310. The van der Waals surface area contributed by atoms with E-state index in [0.717, 1.165) is 6.42 Å². The molecule has 9 heteroatoms. The molecule has 1 aromatic rings. The second kappa shape index (κ2) is 11.0. The molecule has 6 atom stereocenters. The van der Waals surface area contributed by atoms with Crippen LogP contribution in [0.1, 0.15) is 38.7 Å². The zero-order valence-electron chi connectivity index (χ0n) is 19.3. The number of aliphatic hydroxyl groups excluding tert-OH is 2. The van der Waals surface area contributed by atoms with Crippen molar-refractivity contribution in [2.24, 2.45) is 17.8 Å². The van der Waals surface area contributed by atoms with Crippen molar-refractivity contribution < 1.29 is 44.2 Å². The lowest BCUT2D eigenvalue weighted by atomic mass is 9.80. The van der Waals surface area contributed by atoms with Crippen LogP contribution >= 0.6 is 0 Å². The number of aliphatic hydroxyl groups is 3. The summed E-state index contributed by atoms with van der Waals surface area (Å²) < 4.78 is 16.5. The molecule has 2 aliphatic rings. The molecule has 1 aromatic carbocycles. The summed E-state index contributed by atoms with van der Waals surface area (Å²) in [4.78, 5) is 24.9. The van der Waals surface area contributed by atoms with E-state index in [4.69, 9.17) is 14.2 Å². The predicted octanol–water partition coefficient (Wildman–Crippen LogP) is 1.89. The molecule has 4 N–H and O–H groups in total. The SMILES string of the molecule is CC[C@H](C)CC(=O)O[C@@H]1OC=C(CO)[C@H]2C[C@H](OC(=O)/C=C/c3ccc(O)cc3)[C@](O)(CO)[C@@H]12. The molecule has 0 aromatic heterocycles. The summed E-state index contributed by atoms with van der Waals surface area (Å²) in [7, 11) is 0. The van der Waals surface area contributed by atoms with E-state index < -0.39 is 48.4 Å². The Morgan fingerprint density at radius 1 is 1.24 bits per heavy atom. The first-order chi connectivity index (χ1) is 16.2. The van der Waals surface area contributed by atoms with Crippen LogP contribution in [0.25, 0.3) is 6.08 Å². The molecule has 1 aliphatic carbocycles. The molecule has 3 rings (SSSR count). The topological polar surface area (TPSA) is 143 Å². The maximum Gasteiger partial charge on any atom is 0.331 e. The second-order valence-electron chi connectivity index (χ2n) is 8.93. The fourth-order valence-electron chi connectivity index (χ4n) is 4.43. The number of rotatable bonds is 9. The third-order valence-electron chi connectivity index (χ3n) is 6.62. The molecule has 1 saturated carbocycles. The van der Waals surface area contributed by atoms with E-state index in [1.807, 2.05) is 13.8 Å². The van der Waals surface area contributed by atoms with Crippen molar-refractivity contribution in [3.05, 3.63) is 47.7 Å². The molecule has 1 fully saturated rings. The minimum Gasteiger partial charge on any atom is -0.508 e. The summed E-state index contributed by atoms with van der Waals surface area (Å²) in [6, 6.07) is 6.17. The van der Waals surface area contributed by atoms with Crippen LogP contribution < -0.4 is 0 Å². The van der Waals surface area contributed by atoms with Crippen molar-refractivity contribution in [3.63, 3.8) is 0 Å². The van der Waals surface area contributed by atoms with E-state index in [2.05, 4.69) is 0 Å². The van der Waals surface area contributed by atoms with Crippen LogP contribution in [0.4, 0.5) is 0 Å². The Hall–Kier alpha value is -2.88. The van der Waals surface area contributed by atoms with Gasteiger partial charge in [-0.25, -0.2) is 4.79 Å². The number of ether oxygens (including phenoxy) is 3. The Kier molecular flexibility index (Phi) is 8.35. The molecule has 0 saturated heterocycles. The molecule has 1 aliphatic heterocycles. The van der Waals surface area contributed by atoms with Gasteiger partial charge in [0.1, 0.15) is 17.5 Å². The molecule has 0 bridgehead atoms. The van der Waals surface area contributed by atoms with Gasteiger partial charge in [0.15, 0.2) is 0 Å². The van der Waals surface area contributed by atoms with Crippen LogP contribution in [0, 0.1) is 17.8 Å². The van der Waals surface area contributed by atoms with Gasteiger partial charge in [0.2, 0.25) is 6.29 Å². The van der Waals surface area contributed by atoms with Gasteiger partial charge in [0.05, 0.1) is 25.4 Å². The Morgan fingerprint density at radius 2 is 1.94 bits per heavy atom. The first kappa shape index (κ1) is 25.7. The minimum atomic E-state index is -1.96.